The van der Waals surface area contributed by atoms with Crippen molar-refractivity contribution in [2.45, 2.75) is 13.1 Å². The first-order valence-corrected chi connectivity index (χ1v) is 9.82. The lowest BCUT2D eigenvalue weighted by atomic mass is 10.2. The number of nitrogens with one attached hydrogen (secondary N) is 1. The van der Waals surface area contributed by atoms with Gasteiger partial charge in [0.05, 0.1) is 17.4 Å². The Morgan fingerprint density at radius 1 is 0.935 bits per heavy atom. The van der Waals surface area contributed by atoms with E-state index in [1.807, 2.05) is 0 Å². The molecule has 1 heterocycles. The lowest BCUT2D eigenvalue weighted by Crippen LogP contribution is -2.42. The molecule has 0 aliphatic rings. The maximum atomic E-state index is 13.2. The molecule has 0 spiro atoms. The van der Waals surface area contributed by atoms with Crippen molar-refractivity contribution in [3.63, 3.8) is 0 Å². The highest BCUT2D eigenvalue weighted by molar-refractivity contribution is 6.30. The zero-order chi connectivity index (χ0) is 22.0. The lowest BCUT2D eigenvalue weighted by Gasteiger charge is -2.14. The van der Waals surface area contributed by atoms with Gasteiger partial charge in [-0.15, -0.1) is 0 Å². The van der Waals surface area contributed by atoms with E-state index in [-0.39, 0.29) is 13.1 Å². The third-order valence-electron chi connectivity index (χ3n) is 4.79. The van der Waals surface area contributed by atoms with E-state index >= 15 is 0 Å². The largest absolute Gasteiger partial charge is 0.332 e. The predicted octanol–water partition coefficient (Wildman–Crippen LogP) is 3.64. The van der Waals surface area contributed by atoms with Crippen LogP contribution in [0.25, 0.3) is 10.9 Å². The standard InChI is InChI=1S/C23H17ClFN3O3/c24-16-5-3-4-15(12-16)13-28-22(30)19-6-1-2-7-20(19)27(23(28)31)14-21(29)26-18-10-8-17(25)9-11-18/h1-12H,13-14H2,(H,26,29). The van der Waals surface area contributed by atoms with E-state index in [0.717, 1.165) is 4.57 Å². The normalized spacial score (nSPS) is 10.9. The molecule has 1 amide bonds. The van der Waals surface area contributed by atoms with Crippen molar-refractivity contribution in [1.82, 2.24) is 9.13 Å². The molecule has 0 bridgehead atoms. The minimum Gasteiger partial charge on any atom is -0.325 e. The van der Waals surface area contributed by atoms with Crippen molar-refractivity contribution < 1.29 is 9.18 Å². The van der Waals surface area contributed by atoms with Gasteiger partial charge in [0, 0.05) is 10.7 Å². The average molecular weight is 438 g/mol. The van der Waals surface area contributed by atoms with Gasteiger partial charge in [-0.2, -0.15) is 0 Å². The molecule has 0 atom stereocenters. The number of halogens is 2. The van der Waals surface area contributed by atoms with Crippen molar-refractivity contribution >= 4 is 34.1 Å². The Kier molecular flexibility index (Phi) is 5.68. The summed E-state index contributed by atoms with van der Waals surface area (Å²) in [6, 6.07) is 18.8. The number of carbonyl (C=O) groups excluding carboxylic acids is 1. The van der Waals surface area contributed by atoms with Crippen molar-refractivity contribution in [2.75, 3.05) is 5.32 Å². The predicted molar refractivity (Wildman–Crippen MR) is 118 cm³/mol. The number of benzene rings is 3. The second-order valence-electron chi connectivity index (χ2n) is 6.96. The Morgan fingerprint density at radius 3 is 2.42 bits per heavy atom. The van der Waals surface area contributed by atoms with E-state index in [2.05, 4.69) is 5.32 Å². The van der Waals surface area contributed by atoms with Gasteiger partial charge in [-0.25, -0.2) is 9.18 Å². The van der Waals surface area contributed by atoms with Crippen LogP contribution >= 0.6 is 11.6 Å². The van der Waals surface area contributed by atoms with Crippen LogP contribution in [0.5, 0.6) is 0 Å². The van der Waals surface area contributed by atoms with E-state index in [4.69, 9.17) is 11.6 Å². The molecule has 4 rings (SSSR count). The average Bonchev–Trinajstić information content (AvgIpc) is 2.76. The van der Waals surface area contributed by atoms with Gasteiger partial charge in [-0.1, -0.05) is 35.9 Å². The summed E-state index contributed by atoms with van der Waals surface area (Å²) < 4.78 is 15.4. The minimum absolute atomic E-state index is 0.0165. The first-order valence-electron chi connectivity index (χ1n) is 9.44. The molecule has 0 saturated carbocycles. The molecule has 3 aromatic carbocycles. The second-order valence-corrected chi connectivity index (χ2v) is 7.40. The van der Waals surface area contributed by atoms with Gasteiger partial charge in [0.1, 0.15) is 12.4 Å². The number of aromatic nitrogens is 2. The first kappa shape index (κ1) is 20.6. The van der Waals surface area contributed by atoms with Crippen LogP contribution in [-0.4, -0.2) is 15.0 Å². The molecule has 1 N–H and O–H groups in total. The molecule has 31 heavy (non-hydrogen) atoms. The topological polar surface area (TPSA) is 73.1 Å². The Balaban J connectivity index is 1.75. The number of carbonyl (C=O) groups is 1. The molecule has 156 valence electrons. The molecule has 0 radical (unpaired) electrons. The summed E-state index contributed by atoms with van der Waals surface area (Å²) in [7, 11) is 0. The summed E-state index contributed by atoms with van der Waals surface area (Å²) in [4.78, 5) is 38.8. The smallest absolute Gasteiger partial charge is 0.325 e. The van der Waals surface area contributed by atoms with Gasteiger partial charge in [0.25, 0.3) is 5.56 Å². The fourth-order valence-electron chi connectivity index (χ4n) is 3.36. The Hall–Kier alpha value is -3.71. The summed E-state index contributed by atoms with van der Waals surface area (Å²) in [5.74, 6) is -0.903. The second kappa shape index (κ2) is 8.57. The van der Waals surface area contributed by atoms with Crippen LogP contribution in [-0.2, 0) is 17.9 Å². The van der Waals surface area contributed by atoms with Crippen molar-refractivity contribution in [2.24, 2.45) is 0 Å². The van der Waals surface area contributed by atoms with Crippen LogP contribution < -0.4 is 16.6 Å². The number of rotatable bonds is 5. The van der Waals surface area contributed by atoms with Gasteiger partial charge >= 0.3 is 5.69 Å². The molecule has 8 heteroatoms. The molecule has 6 nitrogen and oxygen atoms in total. The van der Waals surface area contributed by atoms with E-state index < -0.39 is 23.0 Å². The quantitative estimate of drug-likeness (QED) is 0.518. The zero-order valence-electron chi connectivity index (χ0n) is 16.2. The fourth-order valence-corrected chi connectivity index (χ4v) is 3.57. The number of para-hydroxylation sites is 1. The molecule has 4 aromatic rings. The number of nitrogens with zero attached hydrogens (tertiary/aromatic N) is 2. The van der Waals surface area contributed by atoms with Gasteiger partial charge in [0.15, 0.2) is 0 Å². The maximum Gasteiger partial charge on any atom is 0.332 e. The van der Waals surface area contributed by atoms with Gasteiger partial charge in [-0.05, 0) is 54.1 Å². The Morgan fingerprint density at radius 2 is 1.68 bits per heavy atom. The van der Waals surface area contributed by atoms with Crippen LogP contribution in [0.4, 0.5) is 10.1 Å². The molecule has 0 unspecified atom stereocenters. The van der Waals surface area contributed by atoms with Crippen molar-refractivity contribution in [3.8, 4) is 0 Å². The van der Waals surface area contributed by atoms with Gasteiger partial charge < -0.3 is 5.32 Å². The third kappa shape index (κ3) is 4.41. The summed E-state index contributed by atoms with van der Waals surface area (Å²) in [6.45, 7) is -0.296. The highest BCUT2D eigenvalue weighted by atomic mass is 35.5. The van der Waals surface area contributed by atoms with Crippen LogP contribution in [0.15, 0.2) is 82.4 Å². The summed E-state index contributed by atoms with van der Waals surface area (Å²) in [5, 5.41) is 3.44. The lowest BCUT2D eigenvalue weighted by molar-refractivity contribution is -0.116. The van der Waals surface area contributed by atoms with Crippen LogP contribution in [0.3, 0.4) is 0 Å². The Bertz CT molecular complexity index is 1390. The highest BCUT2D eigenvalue weighted by Gasteiger charge is 2.16. The highest BCUT2D eigenvalue weighted by Crippen LogP contribution is 2.13. The van der Waals surface area contributed by atoms with Crippen molar-refractivity contribution in [3.05, 3.63) is 110 Å². The minimum atomic E-state index is -0.613. The van der Waals surface area contributed by atoms with Crippen LogP contribution in [0, 0.1) is 5.82 Å². The molecular formula is C23H17ClFN3O3. The fraction of sp³-hybridized carbons (Fsp3) is 0.0870. The van der Waals surface area contributed by atoms with E-state index in [0.29, 0.717) is 27.2 Å². The van der Waals surface area contributed by atoms with E-state index in [9.17, 15) is 18.8 Å². The van der Waals surface area contributed by atoms with Crippen molar-refractivity contribution in [1.29, 1.82) is 0 Å². The van der Waals surface area contributed by atoms with E-state index in [1.165, 1.54) is 28.8 Å². The first-order chi connectivity index (χ1) is 14.9. The zero-order valence-corrected chi connectivity index (χ0v) is 17.0. The molecule has 0 aliphatic heterocycles. The summed E-state index contributed by atoms with van der Waals surface area (Å²) >= 11 is 6.03. The van der Waals surface area contributed by atoms with Gasteiger partial charge in [-0.3, -0.25) is 18.7 Å². The molecule has 0 aliphatic carbocycles. The third-order valence-corrected chi connectivity index (χ3v) is 5.03. The molecule has 0 fully saturated rings. The number of anilines is 1. The SMILES string of the molecule is O=C(Cn1c(=O)n(Cc2cccc(Cl)c2)c(=O)c2ccccc21)Nc1ccc(F)cc1. The van der Waals surface area contributed by atoms with Crippen LogP contribution in [0.2, 0.25) is 5.02 Å². The summed E-state index contributed by atoms with van der Waals surface area (Å²) in [6.07, 6.45) is 0. The van der Waals surface area contributed by atoms with Crippen LogP contribution in [0.1, 0.15) is 5.56 Å². The monoisotopic (exact) mass is 437 g/mol. The maximum absolute atomic E-state index is 13.2. The number of hydrogen-bond donors (Lipinski definition) is 1. The molecular weight excluding hydrogens is 421 g/mol. The number of hydrogen-bond acceptors (Lipinski definition) is 3. The molecule has 0 saturated heterocycles. The number of fused-ring (bicyclic) bond motifs is 1. The summed E-state index contributed by atoms with van der Waals surface area (Å²) in [5.41, 5.74) is 0.378. The molecule has 1 aromatic heterocycles. The Labute approximate surface area is 181 Å². The number of amides is 1. The van der Waals surface area contributed by atoms with Gasteiger partial charge in [0.2, 0.25) is 5.91 Å². The van der Waals surface area contributed by atoms with E-state index in [1.54, 1.807) is 48.5 Å².